The summed E-state index contributed by atoms with van der Waals surface area (Å²) >= 11 is 0. The lowest BCUT2D eigenvalue weighted by molar-refractivity contribution is -0.393. The number of hydrogen-bond donors (Lipinski definition) is 1. The summed E-state index contributed by atoms with van der Waals surface area (Å²) in [4.78, 5) is 21.9. The first-order valence-corrected chi connectivity index (χ1v) is 5.35. The van der Waals surface area contributed by atoms with Gasteiger partial charge in [0.05, 0.1) is 22.0 Å². The quantitative estimate of drug-likeness (QED) is 0.637. The van der Waals surface area contributed by atoms with Gasteiger partial charge in [-0.25, -0.2) is 0 Å². The van der Waals surface area contributed by atoms with Crippen molar-refractivity contribution in [2.45, 2.75) is 12.5 Å². The Bertz CT molecular complexity index is 504. The molecule has 1 fully saturated rings. The van der Waals surface area contributed by atoms with Crippen molar-refractivity contribution >= 4 is 17.1 Å². The Labute approximate surface area is 102 Å². The number of aliphatic hydroxyl groups is 1. The average molecular weight is 253 g/mol. The maximum atomic E-state index is 10.9. The summed E-state index contributed by atoms with van der Waals surface area (Å²) in [6, 6.07) is 3.53. The number of aliphatic hydroxyl groups excluding tert-OH is 1. The van der Waals surface area contributed by atoms with Crippen LogP contribution in [0.25, 0.3) is 0 Å². The number of nitro groups is 2. The van der Waals surface area contributed by atoms with Crippen LogP contribution >= 0.6 is 0 Å². The summed E-state index contributed by atoms with van der Waals surface area (Å²) in [5, 5.41) is 30.9. The average Bonchev–Trinajstić information content (AvgIpc) is 2.74. The molecule has 0 saturated carbocycles. The molecule has 96 valence electrons. The van der Waals surface area contributed by atoms with E-state index in [9.17, 15) is 25.3 Å². The molecule has 8 heteroatoms. The molecule has 0 bridgehead atoms. The van der Waals surface area contributed by atoms with Gasteiger partial charge in [0, 0.05) is 19.2 Å². The fourth-order valence-electron chi connectivity index (χ4n) is 2.00. The van der Waals surface area contributed by atoms with Crippen LogP contribution in [0, 0.1) is 20.2 Å². The topological polar surface area (TPSA) is 110 Å². The van der Waals surface area contributed by atoms with E-state index in [1.807, 2.05) is 0 Å². The Morgan fingerprint density at radius 2 is 2.00 bits per heavy atom. The summed E-state index contributed by atoms with van der Waals surface area (Å²) in [6.07, 6.45) is 0.0218. The number of non-ortho nitro benzene ring substituents is 1. The second-order valence-corrected chi connectivity index (χ2v) is 4.08. The predicted molar refractivity (Wildman–Crippen MR) is 62.6 cm³/mol. The minimum atomic E-state index is -0.671. The zero-order valence-electron chi connectivity index (χ0n) is 9.35. The minimum Gasteiger partial charge on any atom is -0.391 e. The molecule has 18 heavy (non-hydrogen) atoms. The molecule has 1 aromatic carbocycles. The van der Waals surface area contributed by atoms with Crippen molar-refractivity contribution in [3.8, 4) is 0 Å². The van der Waals surface area contributed by atoms with E-state index < -0.39 is 16.0 Å². The van der Waals surface area contributed by atoms with Gasteiger partial charge in [0.2, 0.25) is 0 Å². The zero-order valence-corrected chi connectivity index (χ0v) is 9.35. The number of benzene rings is 1. The van der Waals surface area contributed by atoms with Gasteiger partial charge in [-0.2, -0.15) is 0 Å². The molecule has 0 aliphatic carbocycles. The molecular formula is C10H11N3O5. The molecule has 0 spiro atoms. The molecule has 1 saturated heterocycles. The third kappa shape index (κ3) is 2.23. The van der Waals surface area contributed by atoms with Crippen LogP contribution in [-0.4, -0.2) is 34.1 Å². The Morgan fingerprint density at radius 1 is 1.28 bits per heavy atom. The van der Waals surface area contributed by atoms with E-state index in [-0.39, 0.29) is 11.4 Å². The minimum absolute atomic E-state index is 0.304. The second-order valence-electron chi connectivity index (χ2n) is 4.08. The normalized spacial score (nSPS) is 18.9. The predicted octanol–water partition coefficient (Wildman–Crippen LogP) is 1.07. The number of hydrogen-bond acceptors (Lipinski definition) is 6. The summed E-state index contributed by atoms with van der Waals surface area (Å²) in [6.45, 7) is 0.804. The van der Waals surface area contributed by atoms with Gasteiger partial charge in [0.25, 0.3) is 11.4 Å². The lowest BCUT2D eigenvalue weighted by atomic mass is 10.2. The number of rotatable bonds is 3. The molecular weight excluding hydrogens is 242 g/mol. The maximum absolute atomic E-state index is 10.9. The van der Waals surface area contributed by atoms with Gasteiger partial charge in [0.15, 0.2) is 0 Å². The molecule has 8 nitrogen and oxygen atoms in total. The second kappa shape index (κ2) is 4.57. The molecule has 2 rings (SSSR count). The SMILES string of the molecule is O=[N+]([O-])c1ccc(N2CC[C@@H](O)C2)c([N+](=O)[O-])c1. The Balaban J connectivity index is 2.41. The lowest BCUT2D eigenvalue weighted by Gasteiger charge is -2.17. The van der Waals surface area contributed by atoms with E-state index in [0.29, 0.717) is 25.2 Å². The van der Waals surface area contributed by atoms with Gasteiger partial charge in [-0.1, -0.05) is 0 Å². The molecule has 0 aromatic heterocycles. The van der Waals surface area contributed by atoms with Crippen LogP contribution in [0.5, 0.6) is 0 Å². The monoisotopic (exact) mass is 253 g/mol. The van der Waals surface area contributed by atoms with E-state index in [4.69, 9.17) is 0 Å². The third-order valence-corrected chi connectivity index (χ3v) is 2.87. The van der Waals surface area contributed by atoms with Crippen LogP contribution in [0.3, 0.4) is 0 Å². The van der Waals surface area contributed by atoms with Gasteiger partial charge < -0.3 is 10.0 Å². The van der Waals surface area contributed by atoms with Crippen molar-refractivity contribution in [2.75, 3.05) is 18.0 Å². The number of nitro benzene ring substituents is 2. The third-order valence-electron chi connectivity index (χ3n) is 2.87. The van der Waals surface area contributed by atoms with Crippen LogP contribution in [-0.2, 0) is 0 Å². The molecule has 1 aliphatic rings. The van der Waals surface area contributed by atoms with Crippen LogP contribution in [0.15, 0.2) is 18.2 Å². The Hall–Kier alpha value is -2.22. The smallest absolute Gasteiger partial charge is 0.299 e. The largest absolute Gasteiger partial charge is 0.391 e. The van der Waals surface area contributed by atoms with Gasteiger partial charge in [-0.3, -0.25) is 20.2 Å². The molecule has 1 aliphatic heterocycles. The van der Waals surface area contributed by atoms with Gasteiger partial charge in [-0.15, -0.1) is 0 Å². The molecule has 1 N–H and O–H groups in total. The van der Waals surface area contributed by atoms with Crippen molar-refractivity contribution in [1.29, 1.82) is 0 Å². The van der Waals surface area contributed by atoms with Gasteiger partial charge >= 0.3 is 0 Å². The van der Waals surface area contributed by atoms with Crippen LogP contribution in [0.4, 0.5) is 17.1 Å². The first-order chi connectivity index (χ1) is 8.49. The Kier molecular flexibility index (Phi) is 3.11. The van der Waals surface area contributed by atoms with E-state index in [2.05, 4.69) is 0 Å². The summed E-state index contributed by atoms with van der Waals surface area (Å²) in [7, 11) is 0. The summed E-state index contributed by atoms with van der Waals surface area (Å²) < 4.78 is 0. The van der Waals surface area contributed by atoms with Gasteiger partial charge in [-0.05, 0) is 12.5 Å². The summed E-state index contributed by atoms with van der Waals surface area (Å²) in [5.41, 5.74) is -0.314. The van der Waals surface area contributed by atoms with E-state index in [0.717, 1.165) is 6.07 Å². The van der Waals surface area contributed by atoms with Crippen molar-refractivity contribution in [3.63, 3.8) is 0 Å². The van der Waals surface area contributed by atoms with Gasteiger partial charge in [0.1, 0.15) is 5.69 Å². The Morgan fingerprint density at radius 3 is 2.50 bits per heavy atom. The van der Waals surface area contributed by atoms with E-state index in [1.165, 1.54) is 12.1 Å². The van der Waals surface area contributed by atoms with Crippen LogP contribution in [0.1, 0.15) is 6.42 Å². The fourth-order valence-corrected chi connectivity index (χ4v) is 2.00. The first kappa shape index (κ1) is 12.2. The lowest BCUT2D eigenvalue weighted by Crippen LogP contribution is -2.22. The zero-order chi connectivity index (χ0) is 13.3. The maximum Gasteiger partial charge on any atom is 0.299 e. The van der Waals surface area contributed by atoms with Crippen LogP contribution < -0.4 is 4.90 Å². The first-order valence-electron chi connectivity index (χ1n) is 5.35. The summed E-state index contributed by atoms with van der Waals surface area (Å²) in [5.74, 6) is 0. The molecule has 0 radical (unpaired) electrons. The number of anilines is 1. The molecule has 1 atom stereocenters. The highest BCUT2D eigenvalue weighted by Gasteiger charge is 2.28. The van der Waals surface area contributed by atoms with E-state index in [1.54, 1.807) is 4.90 Å². The number of β-amino-alcohol motifs (C(OH)–C–C–N with tert-alkyl or cyclic N) is 1. The highest BCUT2D eigenvalue weighted by molar-refractivity contribution is 5.67. The van der Waals surface area contributed by atoms with Crippen molar-refractivity contribution in [2.24, 2.45) is 0 Å². The highest BCUT2D eigenvalue weighted by atomic mass is 16.6. The van der Waals surface area contributed by atoms with Crippen molar-refractivity contribution < 1.29 is 15.0 Å². The number of nitrogens with zero attached hydrogens (tertiary/aromatic N) is 3. The highest BCUT2D eigenvalue weighted by Crippen LogP contribution is 2.33. The van der Waals surface area contributed by atoms with E-state index >= 15 is 0 Å². The van der Waals surface area contributed by atoms with Crippen molar-refractivity contribution in [3.05, 3.63) is 38.4 Å². The standard InChI is InChI=1S/C10H11N3O5/c14-8-3-4-11(6-8)9-2-1-7(12(15)16)5-10(9)13(17)18/h1-2,5,8,14H,3-4,6H2/t8-/m1/s1. The van der Waals surface area contributed by atoms with Crippen LogP contribution in [0.2, 0.25) is 0 Å². The van der Waals surface area contributed by atoms with Crippen molar-refractivity contribution in [1.82, 2.24) is 0 Å². The molecule has 0 unspecified atom stereocenters. The molecule has 0 amide bonds. The fraction of sp³-hybridized carbons (Fsp3) is 0.400. The molecule has 1 aromatic rings. The molecule has 1 heterocycles.